The molecule has 26 heavy (non-hydrogen) atoms. The molecule has 0 aromatic carbocycles. The SMILES string of the molecule is C=C[C@](C)(O)CCC1=C(C)[C@H](O)[C@@H](OC(C)=O)[C@H]2C(C)(C)CCC[C@]12C. The van der Waals surface area contributed by atoms with E-state index in [9.17, 15) is 15.0 Å². The van der Waals surface area contributed by atoms with Crippen LogP contribution in [-0.2, 0) is 9.53 Å². The van der Waals surface area contributed by atoms with E-state index in [0.29, 0.717) is 12.8 Å². The summed E-state index contributed by atoms with van der Waals surface area (Å²) in [5, 5.41) is 21.4. The Morgan fingerprint density at radius 3 is 2.54 bits per heavy atom. The quantitative estimate of drug-likeness (QED) is 0.568. The molecule has 2 aliphatic rings. The van der Waals surface area contributed by atoms with Crippen molar-refractivity contribution in [3.63, 3.8) is 0 Å². The van der Waals surface area contributed by atoms with Gasteiger partial charge >= 0.3 is 5.97 Å². The average Bonchev–Trinajstić information content (AvgIpc) is 2.50. The van der Waals surface area contributed by atoms with Crippen molar-refractivity contribution < 1.29 is 19.7 Å². The molecule has 0 aromatic heterocycles. The van der Waals surface area contributed by atoms with Gasteiger partial charge in [-0.3, -0.25) is 4.79 Å². The molecular weight excluding hydrogens is 328 g/mol. The lowest BCUT2D eigenvalue weighted by Gasteiger charge is -2.58. The molecule has 1 saturated carbocycles. The number of hydrogen-bond acceptors (Lipinski definition) is 4. The number of fused-ring (bicyclic) bond motifs is 1. The van der Waals surface area contributed by atoms with Gasteiger partial charge in [0.1, 0.15) is 12.2 Å². The summed E-state index contributed by atoms with van der Waals surface area (Å²) in [5.74, 6) is -0.293. The van der Waals surface area contributed by atoms with Gasteiger partial charge in [0.25, 0.3) is 0 Å². The maximum Gasteiger partial charge on any atom is 0.303 e. The molecule has 0 saturated heterocycles. The first-order chi connectivity index (χ1) is 11.9. The second-order valence-corrected chi connectivity index (χ2v) is 9.48. The number of aliphatic hydroxyl groups is 2. The number of esters is 1. The van der Waals surface area contributed by atoms with Crippen molar-refractivity contribution in [2.24, 2.45) is 16.7 Å². The van der Waals surface area contributed by atoms with Crippen LogP contribution in [-0.4, -0.2) is 34.0 Å². The lowest BCUT2D eigenvalue weighted by Crippen LogP contribution is -2.58. The monoisotopic (exact) mass is 364 g/mol. The molecule has 1 fully saturated rings. The minimum absolute atomic E-state index is 0.0407. The van der Waals surface area contributed by atoms with Gasteiger partial charge in [0.05, 0.1) is 5.60 Å². The van der Waals surface area contributed by atoms with Gasteiger partial charge in [-0.15, -0.1) is 6.58 Å². The van der Waals surface area contributed by atoms with Crippen LogP contribution in [0.25, 0.3) is 0 Å². The molecular formula is C22H36O4. The number of carbonyl (C=O) groups is 1. The maximum atomic E-state index is 11.7. The highest BCUT2D eigenvalue weighted by Gasteiger charge is 2.57. The summed E-state index contributed by atoms with van der Waals surface area (Å²) in [4.78, 5) is 11.7. The second kappa shape index (κ2) is 7.12. The molecule has 2 N–H and O–H groups in total. The van der Waals surface area contributed by atoms with Crippen LogP contribution in [0.3, 0.4) is 0 Å². The van der Waals surface area contributed by atoms with E-state index in [1.54, 1.807) is 13.0 Å². The van der Waals surface area contributed by atoms with Crippen molar-refractivity contribution in [2.75, 3.05) is 0 Å². The molecule has 2 aliphatic carbocycles. The van der Waals surface area contributed by atoms with Gasteiger partial charge < -0.3 is 14.9 Å². The molecule has 0 bridgehead atoms. The normalized spacial score (nSPS) is 36.1. The van der Waals surface area contributed by atoms with Crippen molar-refractivity contribution in [1.82, 2.24) is 0 Å². The second-order valence-electron chi connectivity index (χ2n) is 9.48. The van der Waals surface area contributed by atoms with E-state index in [2.05, 4.69) is 27.4 Å². The lowest BCUT2D eigenvalue weighted by molar-refractivity contribution is -0.173. The van der Waals surface area contributed by atoms with Gasteiger partial charge in [0.2, 0.25) is 0 Å². The summed E-state index contributed by atoms with van der Waals surface area (Å²) in [6, 6.07) is 0. The molecule has 0 aromatic rings. The fraction of sp³-hybridized carbons (Fsp3) is 0.773. The number of carbonyl (C=O) groups excluding carboxylic acids is 1. The van der Waals surface area contributed by atoms with E-state index in [-0.39, 0.29) is 22.7 Å². The highest BCUT2D eigenvalue weighted by Crippen LogP contribution is 2.61. The largest absolute Gasteiger partial charge is 0.459 e. The Kier molecular flexibility index (Phi) is 5.80. The number of ether oxygens (including phenoxy) is 1. The van der Waals surface area contributed by atoms with E-state index in [1.807, 2.05) is 6.92 Å². The maximum absolute atomic E-state index is 11.7. The zero-order chi connectivity index (χ0) is 19.9. The Bertz CT molecular complexity index is 601. The highest BCUT2D eigenvalue weighted by atomic mass is 16.6. The molecule has 0 heterocycles. The van der Waals surface area contributed by atoms with Gasteiger partial charge in [-0.2, -0.15) is 0 Å². The fourth-order valence-electron chi connectivity index (χ4n) is 5.58. The van der Waals surface area contributed by atoms with Crippen LogP contribution < -0.4 is 0 Å². The van der Waals surface area contributed by atoms with E-state index in [0.717, 1.165) is 24.8 Å². The van der Waals surface area contributed by atoms with E-state index in [1.165, 1.54) is 12.5 Å². The first-order valence-corrected chi connectivity index (χ1v) is 9.77. The molecule has 4 nitrogen and oxygen atoms in total. The van der Waals surface area contributed by atoms with Crippen LogP contribution in [0.4, 0.5) is 0 Å². The molecule has 4 heteroatoms. The molecule has 0 amide bonds. The first kappa shape index (κ1) is 21.2. The summed E-state index contributed by atoms with van der Waals surface area (Å²) in [7, 11) is 0. The van der Waals surface area contributed by atoms with Crippen LogP contribution >= 0.6 is 0 Å². The molecule has 0 unspecified atom stereocenters. The van der Waals surface area contributed by atoms with Crippen LogP contribution in [0.5, 0.6) is 0 Å². The minimum Gasteiger partial charge on any atom is -0.459 e. The predicted octanol–water partition coefficient (Wildman–Crippen LogP) is 4.16. The summed E-state index contributed by atoms with van der Waals surface area (Å²) < 4.78 is 5.67. The fourth-order valence-corrected chi connectivity index (χ4v) is 5.58. The van der Waals surface area contributed by atoms with Crippen molar-refractivity contribution in [3.05, 3.63) is 23.8 Å². The first-order valence-electron chi connectivity index (χ1n) is 9.77. The number of hydrogen-bond donors (Lipinski definition) is 2. The average molecular weight is 365 g/mol. The van der Waals surface area contributed by atoms with Crippen molar-refractivity contribution in [3.8, 4) is 0 Å². The number of aliphatic hydroxyl groups excluding tert-OH is 1. The van der Waals surface area contributed by atoms with E-state index >= 15 is 0 Å². The summed E-state index contributed by atoms with van der Waals surface area (Å²) in [6.07, 6.45) is 4.71. The Balaban J connectivity index is 2.51. The van der Waals surface area contributed by atoms with Gasteiger partial charge in [-0.1, -0.05) is 38.8 Å². The van der Waals surface area contributed by atoms with Gasteiger partial charge in [-0.05, 0) is 55.9 Å². The molecule has 0 spiro atoms. The Morgan fingerprint density at radius 2 is 2.00 bits per heavy atom. The third-order valence-electron chi connectivity index (χ3n) is 6.92. The minimum atomic E-state index is -0.930. The number of rotatable bonds is 5. The van der Waals surface area contributed by atoms with Gasteiger partial charge in [-0.25, -0.2) is 0 Å². The topological polar surface area (TPSA) is 66.8 Å². The molecule has 2 rings (SSSR count). The summed E-state index contributed by atoms with van der Waals surface area (Å²) in [6.45, 7) is 15.5. The molecule has 0 aliphatic heterocycles. The smallest absolute Gasteiger partial charge is 0.303 e. The lowest BCUT2D eigenvalue weighted by atomic mass is 9.48. The molecule has 0 radical (unpaired) electrons. The third-order valence-corrected chi connectivity index (χ3v) is 6.92. The molecule has 5 atom stereocenters. The zero-order valence-electron chi connectivity index (χ0n) is 17.3. The van der Waals surface area contributed by atoms with Gasteiger partial charge in [0, 0.05) is 12.8 Å². The van der Waals surface area contributed by atoms with Crippen molar-refractivity contribution in [1.29, 1.82) is 0 Å². The highest BCUT2D eigenvalue weighted by molar-refractivity contribution is 5.66. The van der Waals surface area contributed by atoms with Crippen molar-refractivity contribution in [2.45, 2.75) is 91.5 Å². The van der Waals surface area contributed by atoms with Crippen LogP contribution in [0, 0.1) is 16.7 Å². The standard InChI is InChI=1S/C22H36O4/c1-8-21(6,25)13-10-16-14(2)17(24)18(26-15(3)23)19-20(4,5)11-9-12-22(16,19)7/h8,17-19,24-25H,1,9-13H2,2-7H3/t17-,18+,19-,21-,22+/m0/s1. The van der Waals surface area contributed by atoms with Crippen LogP contribution in [0.15, 0.2) is 23.8 Å². The van der Waals surface area contributed by atoms with E-state index in [4.69, 9.17) is 4.74 Å². The van der Waals surface area contributed by atoms with Crippen molar-refractivity contribution >= 4 is 5.97 Å². The van der Waals surface area contributed by atoms with Gasteiger partial charge in [0.15, 0.2) is 0 Å². The van der Waals surface area contributed by atoms with Crippen LogP contribution in [0.1, 0.15) is 73.6 Å². The Morgan fingerprint density at radius 1 is 1.38 bits per heavy atom. The Hall–Kier alpha value is -1.13. The Labute approximate surface area is 158 Å². The summed E-state index contributed by atoms with van der Waals surface area (Å²) >= 11 is 0. The van der Waals surface area contributed by atoms with E-state index < -0.39 is 17.8 Å². The third kappa shape index (κ3) is 3.77. The van der Waals surface area contributed by atoms with Crippen LogP contribution in [0.2, 0.25) is 0 Å². The predicted molar refractivity (Wildman–Crippen MR) is 104 cm³/mol. The molecule has 148 valence electrons. The summed E-state index contributed by atoms with van der Waals surface area (Å²) in [5.41, 5.74) is 0.991. The zero-order valence-corrected chi connectivity index (χ0v) is 17.3. The number of allylic oxidation sites excluding steroid dienone is 1.